The first-order valence-corrected chi connectivity index (χ1v) is 7.06. The zero-order valence-electron chi connectivity index (χ0n) is 9.88. The molecule has 1 aromatic carbocycles. The van der Waals surface area contributed by atoms with Crippen LogP contribution < -0.4 is 10.5 Å². The summed E-state index contributed by atoms with van der Waals surface area (Å²) in [6.45, 7) is 0. The third-order valence-corrected chi connectivity index (χ3v) is 3.66. The number of sulfonamides is 1. The van der Waals surface area contributed by atoms with E-state index in [0.717, 1.165) is 6.20 Å². The van der Waals surface area contributed by atoms with E-state index in [-0.39, 0.29) is 11.4 Å². The van der Waals surface area contributed by atoms with Crippen molar-refractivity contribution in [2.75, 3.05) is 10.5 Å². The highest BCUT2D eigenvalue weighted by atomic mass is 32.2. The summed E-state index contributed by atoms with van der Waals surface area (Å²) in [5.41, 5.74) is 6.38. The third-order valence-electron chi connectivity index (χ3n) is 2.44. The number of nitrogens with one attached hydrogen (secondary N) is 1. The second-order valence-electron chi connectivity index (χ2n) is 3.92. The molecule has 0 saturated heterocycles. The number of benzene rings is 1. The Labute approximate surface area is 110 Å². The molecule has 3 N–H and O–H groups in total. The summed E-state index contributed by atoms with van der Waals surface area (Å²) < 4.78 is 39.3. The Morgan fingerprint density at radius 3 is 2.68 bits per heavy atom. The smallest absolute Gasteiger partial charge is 0.237 e. The molecular formula is C12H12FN3O2S. The standard InChI is InChI=1S/C12H12FN3O2S/c13-10-7-15-6-5-12(10)16-19(17,18)8-9-3-1-2-4-11(9)14/h1-7H,8,14H2,(H,15,16). The fraction of sp³-hybridized carbons (Fsp3) is 0.0833. The average molecular weight is 281 g/mol. The van der Waals surface area contributed by atoms with E-state index in [1.165, 1.54) is 12.3 Å². The topological polar surface area (TPSA) is 85.1 Å². The molecule has 1 heterocycles. The van der Waals surface area contributed by atoms with E-state index in [1.807, 2.05) is 0 Å². The fourth-order valence-corrected chi connectivity index (χ4v) is 2.78. The van der Waals surface area contributed by atoms with Crippen molar-refractivity contribution in [3.05, 3.63) is 54.1 Å². The molecule has 5 nitrogen and oxygen atoms in total. The van der Waals surface area contributed by atoms with Gasteiger partial charge in [-0.15, -0.1) is 0 Å². The summed E-state index contributed by atoms with van der Waals surface area (Å²) in [5.74, 6) is -1.05. The van der Waals surface area contributed by atoms with Crippen LogP contribution >= 0.6 is 0 Å². The van der Waals surface area contributed by atoms with Crippen LogP contribution in [0.4, 0.5) is 15.8 Å². The van der Waals surface area contributed by atoms with Crippen LogP contribution in [-0.4, -0.2) is 13.4 Å². The van der Waals surface area contributed by atoms with Crippen molar-refractivity contribution >= 4 is 21.4 Å². The molecule has 7 heteroatoms. The number of hydrogen-bond acceptors (Lipinski definition) is 4. The van der Waals surface area contributed by atoms with Crippen molar-refractivity contribution in [2.24, 2.45) is 0 Å². The van der Waals surface area contributed by atoms with E-state index < -0.39 is 15.8 Å². The van der Waals surface area contributed by atoms with Gasteiger partial charge >= 0.3 is 0 Å². The maximum Gasteiger partial charge on any atom is 0.237 e. The maximum atomic E-state index is 13.3. The number of pyridine rings is 1. The van der Waals surface area contributed by atoms with Crippen LogP contribution in [0.5, 0.6) is 0 Å². The number of nitrogens with zero attached hydrogens (tertiary/aromatic N) is 1. The van der Waals surface area contributed by atoms with Gasteiger partial charge < -0.3 is 5.73 Å². The van der Waals surface area contributed by atoms with Gasteiger partial charge in [0, 0.05) is 11.9 Å². The lowest BCUT2D eigenvalue weighted by molar-refractivity contribution is 0.597. The van der Waals surface area contributed by atoms with Crippen LogP contribution in [0.15, 0.2) is 42.7 Å². The Hall–Kier alpha value is -2.15. The molecule has 0 fully saturated rings. The van der Waals surface area contributed by atoms with E-state index in [9.17, 15) is 12.8 Å². The Balaban J connectivity index is 2.21. The van der Waals surface area contributed by atoms with Crippen LogP contribution in [-0.2, 0) is 15.8 Å². The predicted octanol–water partition coefficient (Wildman–Crippen LogP) is 1.74. The molecule has 0 saturated carbocycles. The van der Waals surface area contributed by atoms with E-state index in [4.69, 9.17) is 5.73 Å². The molecule has 0 aliphatic heterocycles. The van der Waals surface area contributed by atoms with Gasteiger partial charge in [0.15, 0.2) is 5.82 Å². The summed E-state index contributed by atoms with van der Waals surface area (Å²) >= 11 is 0. The van der Waals surface area contributed by atoms with Gasteiger partial charge in [-0.1, -0.05) is 18.2 Å². The van der Waals surface area contributed by atoms with E-state index in [0.29, 0.717) is 11.3 Å². The molecule has 1 aromatic heterocycles. The van der Waals surface area contributed by atoms with Crippen LogP contribution in [0.25, 0.3) is 0 Å². The summed E-state index contributed by atoms with van der Waals surface area (Å²) in [6, 6.07) is 7.87. The van der Waals surface area contributed by atoms with Crippen LogP contribution in [0.3, 0.4) is 0 Å². The van der Waals surface area contributed by atoms with Gasteiger partial charge in [0.25, 0.3) is 0 Å². The lowest BCUT2D eigenvalue weighted by Gasteiger charge is -2.09. The highest BCUT2D eigenvalue weighted by Crippen LogP contribution is 2.18. The number of hydrogen-bond donors (Lipinski definition) is 2. The molecule has 0 atom stereocenters. The SMILES string of the molecule is Nc1ccccc1CS(=O)(=O)Nc1ccncc1F. The van der Waals surface area contributed by atoms with Gasteiger partial charge in [-0.05, 0) is 17.7 Å². The number of anilines is 2. The number of halogens is 1. The Morgan fingerprint density at radius 1 is 1.26 bits per heavy atom. The van der Waals surface area contributed by atoms with Crippen molar-refractivity contribution < 1.29 is 12.8 Å². The molecule has 0 bridgehead atoms. The quantitative estimate of drug-likeness (QED) is 0.836. The number of nitrogen functional groups attached to an aromatic ring is 1. The number of rotatable bonds is 4. The van der Waals surface area contributed by atoms with E-state index in [1.54, 1.807) is 24.3 Å². The van der Waals surface area contributed by atoms with Gasteiger partial charge in [-0.2, -0.15) is 0 Å². The van der Waals surface area contributed by atoms with Crippen molar-refractivity contribution in [1.82, 2.24) is 4.98 Å². The highest BCUT2D eigenvalue weighted by molar-refractivity contribution is 7.91. The average Bonchev–Trinajstić information content (AvgIpc) is 2.35. The van der Waals surface area contributed by atoms with Gasteiger partial charge in [0.2, 0.25) is 10.0 Å². The van der Waals surface area contributed by atoms with Gasteiger partial charge in [0.1, 0.15) is 0 Å². The number of para-hydroxylation sites is 1. The van der Waals surface area contributed by atoms with Gasteiger partial charge in [-0.25, -0.2) is 12.8 Å². The molecule has 0 aliphatic carbocycles. The summed E-state index contributed by atoms with van der Waals surface area (Å²) in [7, 11) is -3.73. The van der Waals surface area contributed by atoms with Crippen LogP contribution in [0.1, 0.15) is 5.56 Å². The summed E-state index contributed by atoms with van der Waals surface area (Å²) in [4.78, 5) is 3.54. The fourth-order valence-electron chi connectivity index (χ4n) is 1.53. The molecule has 0 aliphatic rings. The molecule has 0 spiro atoms. The molecule has 0 unspecified atom stereocenters. The van der Waals surface area contributed by atoms with E-state index >= 15 is 0 Å². The zero-order chi connectivity index (χ0) is 13.9. The van der Waals surface area contributed by atoms with Crippen molar-refractivity contribution in [3.63, 3.8) is 0 Å². The number of aromatic nitrogens is 1. The lowest BCUT2D eigenvalue weighted by atomic mass is 10.2. The molecule has 19 heavy (non-hydrogen) atoms. The van der Waals surface area contributed by atoms with Crippen LogP contribution in [0, 0.1) is 5.82 Å². The zero-order valence-corrected chi connectivity index (χ0v) is 10.7. The van der Waals surface area contributed by atoms with E-state index in [2.05, 4.69) is 9.71 Å². The normalized spacial score (nSPS) is 11.2. The molecular weight excluding hydrogens is 269 g/mol. The Bertz CT molecular complexity index is 635. The van der Waals surface area contributed by atoms with Crippen molar-refractivity contribution in [2.45, 2.75) is 5.75 Å². The minimum absolute atomic E-state index is 0.135. The molecule has 2 rings (SSSR count). The Kier molecular flexibility index (Phi) is 3.66. The molecule has 0 amide bonds. The van der Waals surface area contributed by atoms with Gasteiger partial charge in [0.05, 0.1) is 17.6 Å². The maximum absolute atomic E-state index is 13.3. The first-order valence-electron chi connectivity index (χ1n) is 5.41. The monoisotopic (exact) mass is 281 g/mol. The first-order chi connectivity index (χ1) is 8.98. The third kappa shape index (κ3) is 3.41. The van der Waals surface area contributed by atoms with Gasteiger partial charge in [-0.3, -0.25) is 9.71 Å². The largest absolute Gasteiger partial charge is 0.398 e. The molecule has 2 aromatic rings. The minimum Gasteiger partial charge on any atom is -0.398 e. The summed E-state index contributed by atoms with van der Waals surface area (Å²) in [5, 5.41) is 0. The second-order valence-corrected chi connectivity index (χ2v) is 5.64. The van der Waals surface area contributed by atoms with Crippen molar-refractivity contribution in [1.29, 1.82) is 0 Å². The molecule has 100 valence electrons. The Morgan fingerprint density at radius 2 is 2.00 bits per heavy atom. The van der Waals surface area contributed by atoms with Crippen LogP contribution in [0.2, 0.25) is 0 Å². The highest BCUT2D eigenvalue weighted by Gasteiger charge is 2.15. The summed E-state index contributed by atoms with van der Waals surface area (Å²) in [6.07, 6.45) is 2.24. The minimum atomic E-state index is -3.73. The predicted molar refractivity (Wildman–Crippen MR) is 71.3 cm³/mol. The lowest BCUT2D eigenvalue weighted by Crippen LogP contribution is -2.16. The number of nitrogens with two attached hydrogens (primary N) is 1. The first kappa shape index (κ1) is 13.3. The van der Waals surface area contributed by atoms with Crippen molar-refractivity contribution in [3.8, 4) is 0 Å². The molecule has 0 radical (unpaired) electrons. The second kappa shape index (κ2) is 5.23.